The largest absolute Gasteiger partial charge is 0.298 e. The molecule has 0 bridgehead atoms. The van der Waals surface area contributed by atoms with Gasteiger partial charge in [0.1, 0.15) is 0 Å². The zero-order valence-electron chi connectivity index (χ0n) is 15.6. The van der Waals surface area contributed by atoms with Gasteiger partial charge in [-0.15, -0.1) is 11.3 Å². The van der Waals surface area contributed by atoms with Crippen molar-refractivity contribution in [2.24, 2.45) is 0 Å². The second-order valence-electron chi connectivity index (χ2n) is 6.17. The Morgan fingerprint density at radius 1 is 1.11 bits per heavy atom. The Bertz CT molecular complexity index is 1080. The normalized spacial score (nSPS) is 11.4. The number of carbonyl (C=O) groups excluding carboxylic acids is 1. The minimum atomic E-state index is -3.74. The summed E-state index contributed by atoms with van der Waals surface area (Å²) in [5, 5.41) is 3.25. The Hall–Kier alpha value is -2.55. The SMILES string of the molecule is CCc1nc(NC(=O)c2cccc(S(=O)(=O)NCc3ccccc3)c2)sc1C. The molecule has 0 aliphatic carbocycles. The van der Waals surface area contributed by atoms with Crippen molar-refractivity contribution in [2.45, 2.75) is 31.7 Å². The minimum Gasteiger partial charge on any atom is -0.298 e. The number of benzene rings is 2. The van der Waals surface area contributed by atoms with Crippen LogP contribution in [0.15, 0.2) is 59.5 Å². The average molecular weight is 416 g/mol. The Morgan fingerprint density at radius 3 is 2.54 bits per heavy atom. The van der Waals surface area contributed by atoms with E-state index in [1.165, 1.54) is 23.5 Å². The fourth-order valence-electron chi connectivity index (χ4n) is 2.64. The van der Waals surface area contributed by atoms with Crippen molar-refractivity contribution in [3.8, 4) is 0 Å². The number of thiazole rings is 1. The summed E-state index contributed by atoms with van der Waals surface area (Å²) in [5.41, 5.74) is 2.06. The first-order chi connectivity index (χ1) is 13.4. The van der Waals surface area contributed by atoms with E-state index in [4.69, 9.17) is 0 Å². The highest BCUT2D eigenvalue weighted by atomic mass is 32.2. The van der Waals surface area contributed by atoms with Gasteiger partial charge < -0.3 is 0 Å². The lowest BCUT2D eigenvalue weighted by Gasteiger charge is -2.08. The Morgan fingerprint density at radius 2 is 1.86 bits per heavy atom. The maximum Gasteiger partial charge on any atom is 0.257 e. The lowest BCUT2D eigenvalue weighted by molar-refractivity contribution is 0.102. The third-order valence-corrected chi connectivity index (χ3v) is 6.49. The van der Waals surface area contributed by atoms with Gasteiger partial charge in [-0.1, -0.05) is 43.3 Å². The van der Waals surface area contributed by atoms with Crippen molar-refractivity contribution in [3.63, 3.8) is 0 Å². The van der Waals surface area contributed by atoms with Gasteiger partial charge >= 0.3 is 0 Å². The van der Waals surface area contributed by atoms with Crippen molar-refractivity contribution in [1.29, 1.82) is 0 Å². The molecule has 2 N–H and O–H groups in total. The van der Waals surface area contributed by atoms with E-state index >= 15 is 0 Å². The van der Waals surface area contributed by atoms with Crippen LogP contribution in [0, 0.1) is 6.92 Å². The lowest BCUT2D eigenvalue weighted by Crippen LogP contribution is -2.23. The molecule has 0 aliphatic heterocycles. The molecular formula is C20H21N3O3S2. The van der Waals surface area contributed by atoms with Gasteiger partial charge in [0.05, 0.1) is 10.6 Å². The van der Waals surface area contributed by atoms with Crippen molar-refractivity contribution < 1.29 is 13.2 Å². The third-order valence-electron chi connectivity index (χ3n) is 4.16. The molecule has 0 aliphatic rings. The quantitative estimate of drug-likeness (QED) is 0.615. The van der Waals surface area contributed by atoms with Crippen LogP contribution in [0.25, 0.3) is 0 Å². The van der Waals surface area contributed by atoms with Crippen molar-refractivity contribution in [2.75, 3.05) is 5.32 Å². The minimum absolute atomic E-state index is 0.0423. The van der Waals surface area contributed by atoms with Crippen molar-refractivity contribution in [1.82, 2.24) is 9.71 Å². The van der Waals surface area contributed by atoms with E-state index in [9.17, 15) is 13.2 Å². The second kappa shape index (κ2) is 8.64. The molecule has 8 heteroatoms. The maximum absolute atomic E-state index is 12.6. The zero-order chi connectivity index (χ0) is 20.1. The Labute approximate surface area is 168 Å². The van der Waals surface area contributed by atoms with E-state index in [1.54, 1.807) is 12.1 Å². The van der Waals surface area contributed by atoms with Gasteiger partial charge in [0.15, 0.2) is 5.13 Å². The summed E-state index contributed by atoms with van der Waals surface area (Å²) in [7, 11) is -3.74. The first-order valence-corrected chi connectivity index (χ1v) is 11.1. The number of amides is 1. The van der Waals surface area contributed by atoms with Crippen LogP contribution < -0.4 is 10.0 Å². The van der Waals surface area contributed by atoms with Crippen LogP contribution in [0.4, 0.5) is 5.13 Å². The summed E-state index contributed by atoms with van der Waals surface area (Å²) in [6, 6.07) is 15.2. The van der Waals surface area contributed by atoms with Gasteiger partial charge in [-0.2, -0.15) is 0 Å². The third kappa shape index (κ3) is 4.83. The first kappa shape index (κ1) is 20.2. The Balaban J connectivity index is 1.74. The molecule has 6 nitrogen and oxygen atoms in total. The van der Waals surface area contributed by atoms with Gasteiger partial charge in [-0.05, 0) is 37.1 Å². The predicted molar refractivity (Wildman–Crippen MR) is 111 cm³/mol. The Kier molecular flexibility index (Phi) is 6.23. The van der Waals surface area contributed by atoms with Gasteiger partial charge in [0.25, 0.3) is 5.91 Å². The molecule has 1 aromatic heterocycles. The number of nitrogens with zero attached hydrogens (tertiary/aromatic N) is 1. The number of hydrogen-bond donors (Lipinski definition) is 2. The van der Waals surface area contributed by atoms with E-state index in [0.717, 1.165) is 22.6 Å². The highest BCUT2D eigenvalue weighted by molar-refractivity contribution is 7.89. The fraction of sp³-hybridized carbons (Fsp3) is 0.200. The number of aromatic nitrogens is 1. The second-order valence-corrected chi connectivity index (χ2v) is 9.14. The summed E-state index contributed by atoms with van der Waals surface area (Å²) >= 11 is 1.40. The monoisotopic (exact) mass is 415 g/mol. The van der Waals surface area contributed by atoms with Crippen molar-refractivity contribution in [3.05, 3.63) is 76.3 Å². The van der Waals surface area contributed by atoms with E-state index in [-0.39, 0.29) is 17.0 Å². The molecule has 146 valence electrons. The number of rotatable bonds is 7. The molecule has 0 atom stereocenters. The van der Waals surface area contributed by atoms with E-state index in [1.807, 2.05) is 44.2 Å². The number of nitrogens with one attached hydrogen (secondary N) is 2. The molecule has 0 spiro atoms. The van der Waals surface area contributed by atoms with Crippen LogP contribution in [0.5, 0.6) is 0 Å². The molecule has 28 heavy (non-hydrogen) atoms. The zero-order valence-corrected chi connectivity index (χ0v) is 17.2. The fourth-order valence-corrected chi connectivity index (χ4v) is 4.60. The summed E-state index contributed by atoms with van der Waals surface area (Å²) in [5.74, 6) is -0.392. The van der Waals surface area contributed by atoms with Crippen LogP contribution in [0.2, 0.25) is 0 Å². The van der Waals surface area contributed by atoms with Gasteiger partial charge in [-0.3, -0.25) is 10.1 Å². The predicted octanol–water partition coefficient (Wildman–Crippen LogP) is 3.74. The van der Waals surface area contributed by atoms with Crippen molar-refractivity contribution >= 4 is 32.4 Å². The first-order valence-electron chi connectivity index (χ1n) is 8.80. The molecule has 0 radical (unpaired) electrons. The molecule has 0 unspecified atom stereocenters. The molecular weight excluding hydrogens is 394 g/mol. The molecule has 1 heterocycles. The number of aryl methyl sites for hydroxylation is 2. The maximum atomic E-state index is 12.6. The van der Waals surface area contributed by atoms with Crippen LogP contribution in [-0.2, 0) is 23.0 Å². The molecule has 3 aromatic rings. The van der Waals surface area contributed by atoms with Crippen LogP contribution >= 0.6 is 11.3 Å². The molecule has 0 saturated heterocycles. The summed E-state index contributed by atoms with van der Waals surface area (Å²) in [6.07, 6.45) is 0.791. The topological polar surface area (TPSA) is 88.2 Å². The highest BCUT2D eigenvalue weighted by Gasteiger charge is 2.17. The highest BCUT2D eigenvalue weighted by Crippen LogP contribution is 2.23. The average Bonchev–Trinajstić information content (AvgIpc) is 3.06. The standard InChI is InChI=1S/C20H21N3O3S2/c1-3-18-14(2)27-20(22-18)23-19(24)16-10-7-11-17(12-16)28(25,26)21-13-15-8-5-4-6-9-15/h4-12,21H,3,13H2,1-2H3,(H,22,23,24). The van der Waals surface area contributed by atoms with Crippen LogP contribution in [0.1, 0.15) is 33.4 Å². The van der Waals surface area contributed by atoms with E-state index in [2.05, 4.69) is 15.0 Å². The van der Waals surface area contributed by atoms with Gasteiger partial charge in [0, 0.05) is 17.0 Å². The summed E-state index contributed by atoms with van der Waals surface area (Å²) in [4.78, 5) is 18.0. The summed E-state index contributed by atoms with van der Waals surface area (Å²) in [6.45, 7) is 4.14. The summed E-state index contributed by atoms with van der Waals surface area (Å²) < 4.78 is 27.7. The van der Waals surface area contributed by atoms with Gasteiger partial charge in [0.2, 0.25) is 10.0 Å². The number of anilines is 1. The van der Waals surface area contributed by atoms with E-state index < -0.39 is 15.9 Å². The van der Waals surface area contributed by atoms with Gasteiger partial charge in [-0.25, -0.2) is 18.1 Å². The molecule has 2 aromatic carbocycles. The lowest BCUT2D eigenvalue weighted by atomic mass is 10.2. The smallest absolute Gasteiger partial charge is 0.257 e. The molecule has 0 saturated carbocycles. The molecule has 1 amide bonds. The molecule has 0 fully saturated rings. The number of carbonyl (C=O) groups is 1. The van der Waals surface area contributed by atoms with Crippen LogP contribution in [0.3, 0.4) is 0 Å². The number of sulfonamides is 1. The van der Waals surface area contributed by atoms with Crippen LogP contribution in [-0.4, -0.2) is 19.3 Å². The number of hydrogen-bond acceptors (Lipinski definition) is 5. The van der Waals surface area contributed by atoms with E-state index in [0.29, 0.717) is 5.13 Å². The molecule has 3 rings (SSSR count).